The summed E-state index contributed by atoms with van der Waals surface area (Å²) in [5.41, 5.74) is 1.68. The van der Waals surface area contributed by atoms with Gasteiger partial charge in [0.05, 0.1) is 13.2 Å². The molecule has 0 saturated carbocycles. The van der Waals surface area contributed by atoms with Crippen LogP contribution in [0.25, 0.3) is 12.2 Å². The van der Waals surface area contributed by atoms with Crippen LogP contribution in [0.3, 0.4) is 0 Å². The van der Waals surface area contributed by atoms with Gasteiger partial charge in [-0.1, -0.05) is 109 Å². The van der Waals surface area contributed by atoms with Crippen molar-refractivity contribution in [3.05, 3.63) is 105 Å². The molecular formula is C53H68O10. The maximum atomic E-state index is 13.2. The second-order valence-corrected chi connectivity index (χ2v) is 20.5. The lowest BCUT2D eigenvalue weighted by molar-refractivity contribution is -0.129. The lowest BCUT2D eigenvalue weighted by Gasteiger charge is -2.30. The predicted octanol–water partition coefficient (Wildman–Crippen LogP) is 12.1. The van der Waals surface area contributed by atoms with Gasteiger partial charge in [-0.25, -0.2) is 9.59 Å². The van der Waals surface area contributed by atoms with Crippen LogP contribution in [0.1, 0.15) is 155 Å². The summed E-state index contributed by atoms with van der Waals surface area (Å²) in [7, 11) is 0. The zero-order valence-corrected chi connectivity index (χ0v) is 40.1. The largest absolute Gasteiger partial charge is 0.507 e. The van der Waals surface area contributed by atoms with Gasteiger partial charge in [-0.05, 0) is 71.9 Å². The highest BCUT2D eigenvalue weighted by atomic mass is 16.5. The van der Waals surface area contributed by atoms with Crippen LogP contribution in [-0.4, -0.2) is 45.6 Å². The minimum Gasteiger partial charge on any atom is -0.507 e. The van der Waals surface area contributed by atoms with E-state index >= 15 is 0 Å². The Morgan fingerprint density at radius 2 is 0.810 bits per heavy atom. The zero-order chi connectivity index (χ0) is 47.6. The molecule has 0 spiro atoms. The van der Waals surface area contributed by atoms with E-state index < -0.39 is 39.0 Å². The zero-order valence-electron chi connectivity index (χ0n) is 40.1. The molecule has 0 saturated heterocycles. The molecular weight excluding hydrogens is 797 g/mol. The van der Waals surface area contributed by atoms with Crippen molar-refractivity contribution in [2.75, 3.05) is 13.2 Å². The minimum atomic E-state index is -0.724. The Morgan fingerprint density at radius 1 is 0.476 bits per heavy atom. The van der Waals surface area contributed by atoms with E-state index in [4.69, 9.17) is 18.9 Å². The van der Waals surface area contributed by atoms with E-state index in [9.17, 15) is 30.0 Å². The summed E-state index contributed by atoms with van der Waals surface area (Å²) in [4.78, 5) is 26.4. The van der Waals surface area contributed by atoms with E-state index in [1.165, 1.54) is 24.3 Å². The van der Waals surface area contributed by atoms with Crippen molar-refractivity contribution in [1.29, 1.82) is 0 Å². The summed E-state index contributed by atoms with van der Waals surface area (Å²) in [5, 5.41) is 44.7. The van der Waals surface area contributed by atoms with Crippen molar-refractivity contribution in [3.8, 4) is 46.0 Å². The summed E-state index contributed by atoms with van der Waals surface area (Å²) in [5.74, 6) is -0.00491. The van der Waals surface area contributed by atoms with Crippen LogP contribution in [0, 0.1) is 0 Å². The molecule has 4 rings (SSSR count). The van der Waals surface area contributed by atoms with Gasteiger partial charge in [0.2, 0.25) is 0 Å². The van der Waals surface area contributed by atoms with Crippen LogP contribution in [0.4, 0.5) is 0 Å². The number of carbonyl (C=O) groups is 2. The highest BCUT2D eigenvalue weighted by Gasteiger charge is 2.33. The fraction of sp³-hybridized carbons (Fsp3) is 0.434. The Kier molecular flexibility index (Phi) is 14.6. The monoisotopic (exact) mass is 864 g/mol. The van der Waals surface area contributed by atoms with Crippen molar-refractivity contribution in [2.24, 2.45) is 0 Å². The van der Waals surface area contributed by atoms with Crippen molar-refractivity contribution in [1.82, 2.24) is 0 Å². The molecule has 4 N–H and O–H groups in total. The Balaban J connectivity index is 1.62. The van der Waals surface area contributed by atoms with Crippen LogP contribution < -0.4 is 18.9 Å². The molecule has 0 aliphatic heterocycles. The van der Waals surface area contributed by atoms with Gasteiger partial charge in [0.15, 0.2) is 0 Å². The van der Waals surface area contributed by atoms with Crippen molar-refractivity contribution in [3.63, 3.8) is 0 Å². The lowest BCUT2D eigenvalue weighted by Crippen LogP contribution is -2.22. The van der Waals surface area contributed by atoms with Gasteiger partial charge in [0, 0.05) is 74.2 Å². The highest BCUT2D eigenvalue weighted by Crippen LogP contribution is 2.48. The number of hydrogen-bond donors (Lipinski definition) is 4. The third-order valence-electron chi connectivity index (χ3n) is 10.8. The van der Waals surface area contributed by atoms with Gasteiger partial charge >= 0.3 is 11.9 Å². The summed E-state index contributed by atoms with van der Waals surface area (Å²) in [6, 6.07) is 13.7. The first-order valence-corrected chi connectivity index (χ1v) is 21.5. The van der Waals surface area contributed by atoms with E-state index in [-0.39, 0.29) is 34.5 Å². The number of esters is 2. The topological polar surface area (TPSA) is 152 Å². The average molecular weight is 865 g/mol. The second-order valence-electron chi connectivity index (χ2n) is 20.5. The molecule has 0 aromatic heterocycles. The van der Waals surface area contributed by atoms with Gasteiger partial charge in [0.25, 0.3) is 0 Å². The molecule has 0 aliphatic rings. The standard InChI is InChI=1S/C53H68O10/c1-17-60-39-29-33(62-41(54)25-19-31-27-37(49(3,4)5)47(58)43(45(31)56)51(9,10)11)21-23-35(39)53(15,16)36-24-22-34(30-40(36)61-18-2)63-42(55)26-20-32-28-38(50(6,7)8)48(59)44(46(32)57)52(12,13)14/h19-30,56-59H,17-18H2,1-16H3. The first-order valence-electron chi connectivity index (χ1n) is 21.5. The van der Waals surface area contributed by atoms with E-state index in [0.717, 1.165) is 11.1 Å². The average Bonchev–Trinajstić information content (AvgIpc) is 3.12. The van der Waals surface area contributed by atoms with E-state index in [1.807, 2.05) is 123 Å². The lowest BCUT2D eigenvalue weighted by atomic mass is 9.77. The third-order valence-corrected chi connectivity index (χ3v) is 10.8. The molecule has 0 radical (unpaired) electrons. The Bertz CT molecular complexity index is 2240. The first-order chi connectivity index (χ1) is 28.9. The van der Waals surface area contributed by atoms with Crippen molar-refractivity contribution >= 4 is 24.1 Å². The first kappa shape index (κ1) is 49.8. The molecule has 0 bridgehead atoms. The number of hydrogen-bond acceptors (Lipinski definition) is 10. The molecule has 0 aliphatic carbocycles. The number of rotatable bonds is 12. The quantitative estimate of drug-likeness (QED) is 0.0615. The van der Waals surface area contributed by atoms with Crippen LogP contribution in [0.2, 0.25) is 0 Å². The Morgan fingerprint density at radius 3 is 1.10 bits per heavy atom. The summed E-state index contributed by atoms with van der Waals surface area (Å²) in [6.45, 7) is 31.6. The van der Waals surface area contributed by atoms with Gasteiger partial charge in [0.1, 0.15) is 46.0 Å². The number of phenols is 4. The molecule has 0 atom stereocenters. The molecule has 10 nitrogen and oxygen atoms in total. The normalized spacial score (nSPS) is 12.8. The molecule has 0 unspecified atom stereocenters. The summed E-state index contributed by atoms with van der Waals surface area (Å²) >= 11 is 0. The fourth-order valence-electron chi connectivity index (χ4n) is 7.66. The molecule has 10 heteroatoms. The number of carbonyl (C=O) groups excluding carboxylic acids is 2. The maximum absolute atomic E-state index is 13.2. The number of ether oxygens (including phenoxy) is 4. The van der Waals surface area contributed by atoms with Crippen molar-refractivity contribution < 1.29 is 49.0 Å². The molecule has 0 amide bonds. The van der Waals surface area contributed by atoms with E-state index in [2.05, 4.69) is 0 Å². The highest BCUT2D eigenvalue weighted by molar-refractivity contribution is 5.90. The molecule has 0 fully saturated rings. The third kappa shape index (κ3) is 11.4. The SMILES string of the molecule is CCOc1cc(OC(=O)C=Cc2cc(C(C)(C)C)c(O)c(C(C)(C)C)c2O)ccc1C(C)(C)c1ccc(OC(=O)C=Cc2cc(C(C)(C)C)c(O)c(C(C)(C)C)c2O)cc1OCC. The van der Waals surface area contributed by atoms with Crippen molar-refractivity contribution in [2.45, 2.75) is 138 Å². The molecule has 340 valence electrons. The Labute approximate surface area is 374 Å². The molecule has 4 aromatic carbocycles. The predicted molar refractivity (Wildman–Crippen MR) is 251 cm³/mol. The van der Waals surface area contributed by atoms with Crippen LogP contribution in [-0.2, 0) is 36.7 Å². The number of aromatic hydroxyl groups is 4. The Hall–Kier alpha value is -5.90. The molecule has 0 heterocycles. The fourth-order valence-corrected chi connectivity index (χ4v) is 7.66. The molecule has 4 aromatic rings. The summed E-state index contributed by atoms with van der Waals surface area (Å²) in [6.07, 6.45) is 5.45. The van der Waals surface area contributed by atoms with E-state index in [0.29, 0.717) is 58.1 Å². The van der Waals surface area contributed by atoms with E-state index in [1.54, 1.807) is 36.4 Å². The van der Waals surface area contributed by atoms with Gasteiger partial charge in [-0.2, -0.15) is 0 Å². The van der Waals surface area contributed by atoms with Gasteiger partial charge in [-0.15, -0.1) is 0 Å². The summed E-state index contributed by atoms with van der Waals surface area (Å²) < 4.78 is 23.7. The maximum Gasteiger partial charge on any atom is 0.336 e. The van der Waals surface area contributed by atoms with Crippen LogP contribution in [0.15, 0.2) is 60.7 Å². The second kappa shape index (κ2) is 18.4. The van der Waals surface area contributed by atoms with Crippen LogP contribution in [0.5, 0.6) is 46.0 Å². The smallest absolute Gasteiger partial charge is 0.336 e. The van der Waals surface area contributed by atoms with Crippen LogP contribution >= 0.6 is 0 Å². The minimum absolute atomic E-state index is 0.0362. The van der Waals surface area contributed by atoms with Gasteiger partial charge < -0.3 is 39.4 Å². The number of phenolic OH excluding ortho intramolecular Hbond substituents is 4. The molecule has 63 heavy (non-hydrogen) atoms. The number of benzene rings is 4. The van der Waals surface area contributed by atoms with Gasteiger partial charge in [-0.3, -0.25) is 0 Å².